The van der Waals surface area contributed by atoms with E-state index in [0.717, 1.165) is 25.1 Å². The molecular weight excluding hydrogens is 188 g/mol. The molecule has 0 saturated heterocycles. The first-order valence-electron chi connectivity index (χ1n) is 5.68. The highest BCUT2D eigenvalue weighted by Crippen LogP contribution is 2.26. The van der Waals surface area contributed by atoms with Crippen molar-refractivity contribution in [2.45, 2.75) is 45.6 Å². The monoisotopic (exact) mass is 210 g/mol. The molecule has 1 unspecified atom stereocenters. The molecule has 0 amide bonds. The minimum atomic E-state index is -0.550. The van der Waals surface area contributed by atoms with E-state index in [4.69, 9.17) is 0 Å². The molecule has 1 rings (SSSR count). The van der Waals surface area contributed by atoms with Crippen LogP contribution in [-0.4, -0.2) is 20.3 Å². The number of aryl methyl sites for hydroxylation is 2. The largest absolute Gasteiger partial charge is 0.390 e. The van der Waals surface area contributed by atoms with Crippen LogP contribution in [0.5, 0.6) is 0 Å². The van der Waals surface area contributed by atoms with Gasteiger partial charge in [0.05, 0.1) is 5.60 Å². The van der Waals surface area contributed by atoms with E-state index >= 15 is 0 Å². The number of aliphatic hydroxyl groups is 1. The van der Waals surface area contributed by atoms with Gasteiger partial charge < -0.3 is 9.67 Å². The molecule has 0 bridgehead atoms. The van der Waals surface area contributed by atoms with Gasteiger partial charge in [0.2, 0.25) is 0 Å². The molecule has 1 aromatic heterocycles. The van der Waals surface area contributed by atoms with E-state index in [1.54, 1.807) is 6.20 Å². The number of imidazole rings is 1. The van der Waals surface area contributed by atoms with Crippen LogP contribution in [0.4, 0.5) is 0 Å². The summed E-state index contributed by atoms with van der Waals surface area (Å²) in [6, 6.07) is 0. The molecule has 0 aliphatic rings. The molecule has 1 aromatic rings. The predicted octanol–water partition coefficient (Wildman–Crippen LogP) is 2.15. The summed E-state index contributed by atoms with van der Waals surface area (Å²) < 4.78 is 2.01. The maximum Gasteiger partial charge on any atom is 0.108 e. The molecule has 1 heterocycles. The molecule has 0 fully saturated rings. The molecule has 3 nitrogen and oxygen atoms in total. The number of hydrogen-bond donors (Lipinski definition) is 1. The van der Waals surface area contributed by atoms with Crippen molar-refractivity contribution in [1.29, 1.82) is 0 Å². The van der Waals surface area contributed by atoms with E-state index in [1.807, 2.05) is 24.7 Å². The molecule has 86 valence electrons. The van der Waals surface area contributed by atoms with Crippen LogP contribution in [0.1, 0.15) is 39.4 Å². The first-order valence-corrected chi connectivity index (χ1v) is 5.68. The van der Waals surface area contributed by atoms with Gasteiger partial charge in [0.25, 0.3) is 0 Å². The lowest BCUT2D eigenvalue weighted by atomic mass is 9.83. The van der Waals surface area contributed by atoms with Crippen LogP contribution in [0.3, 0.4) is 0 Å². The highest BCUT2D eigenvalue weighted by Gasteiger charge is 2.28. The van der Waals surface area contributed by atoms with E-state index in [9.17, 15) is 5.11 Å². The third-order valence-electron chi connectivity index (χ3n) is 3.39. The minimum Gasteiger partial charge on any atom is -0.390 e. The molecule has 0 radical (unpaired) electrons. The molecular formula is C12H22N2O. The number of nitrogens with zero attached hydrogens (tertiary/aromatic N) is 2. The normalized spacial score (nSPS) is 15.6. The van der Waals surface area contributed by atoms with Gasteiger partial charge in [0.15, 0.2) is 0 Å². The fourth-order valence-corrected chi connectivity index (χ4v) is 1.84. The smallest absolute Gasteiger partial charge is 0.108 e. The quantitative estimate of drug-likeness (QED) is 0.808. The fourth-order valence-electron chi connectivity index (χ4n) is 1.84. The van der Waals surface area contributed by atoms with E-state index in [-0.39, 0.29) is 0 Å². The Labute approximate surface area is 92.1 Å². The van der Waals surface area contributed by atoms with Crippen LogP contribution in [0.25, 0.3) is 0 Å². The summed E-state index contributed by atoms with van der Waals surface area (Å²) in [5, 5.41) is 10.3. The van der Waals surface area contributed by atoms with Gasteiger partial charge in [0.1, 0.15) is 5.82 Å². The zero-order chi connectivity index (χ0) is 11.5. The molecule has 0 spiro atoms. The molecule has 0 aliphatic carbocycles. The standard InChI is InChI=1S/C12H22N2O/c1-5-12(15,10(2)3)7-6-11-13-8-9-14(11)4/h8-10,15H,5-7H2,1-4H3. The number of hydrogen-bond acceptors (Lipinski definition) is 2. The van der Waals surface area contributed by atoms with Crippen LogP contribution in [0.2, 0.25) is 0 Å². The lowest BCUT2D eigenvalue weighted by Crippen LogP contribution is -2.34. The highest BCUT2D eigenvalue weighted by atomic mass is 16.3. The van der Waals surface area contributed by atoms with E-state index in [1.165, 1.54) is 0 Å². The Morgan fingerprint density at radius 1 is 1.53 bits per heavy atom. The second kappa shape index (κ2) is 4.79. The molecule has 0 saturated carbocycles. The Morgan fingerprint density at radius 2 is 2.20 bits per heavy atom. The van der Waals surface area contributed by atoms with Crippen LogP contribution in [0.15, 0.2) is 12.4 Å². The maximum absolute atomic E-state index is 10.3. The Kier molecular flexibility index (Phi) is 3.91. The predicted molar refractivity (Wildman–Crippen MR) is 61.6 cm³/mol. The highest BCUT2D eigenvalue weighted by molar-refractivity contribution is 4.94. The van der Waals surface area contributed by atoms with E-state index in [2.05, 4.69) is 18.8 Å². The average Bonchev–Trinajstić information content (AvgIpc) is 2.60. The summed E-state index contributed by atoms with van der Waals surface area (Å²) in [7, 11) is 1.99. The van der Waals surface area contributed by atoms with Crippen molar-refractivity contribution in [3.8, 4) is 0 Å². The van der Waals surface area contributed by atoms with Gasteiger partial charge in [-0.25, -0.2) is 4.98 Å². The molecule has 0 aliphatic heterocycles. The first kappa shape index (κ1) is 12.2. The number of aromatic nitrogens is 2. The van der Waals surface area contributed by atoms with Gasteiger partial charge in [-0.3, -0.25) is 0 Å². The SMILES string of the molecule is CCC(O)(CCc1nccn1C)C(C)C. The van der Waals surface area contributed by atoms with Gasteiger partial charge in [0, 0.05) is 25.9 Å². The molecule has 1 N–H and O–H groups in total. The van der Waals surface area contributed by atoms with E-state index in [0.29, 0.717) is 5.92 Å². The molecule has 0 aromatic carbocycles. The fraction of sp³-hybridized carbons (Fsp3) is 0.750. The Morgan fingerprint density at radius 3 is 2.60 bits per heavy atom. The third kappa shape index (κ3) is 2.81. The van der Waals surface area contributed by atoms with Gasteiger partial charge in [-0.15, -0.1) is 0 Å². The van der Waals surface area contributed by atoms with Crippen molar-refractivity contribution in [3.63, 3.8) is 0 Å². The zero-order valence-corrected chi connectivity index (χ0v) is 10.2. The van der Waals surface area contributed by atoms with E-state index < -0.39 is 5.60 Å². The summed E-state index contributed by atoms with van der Waals surface area (Å²) in [6.07, 6.45) is 6.17. The topological polar surface area (TPSA) is 38.1 Å². The minimum absolute atomic E-state index is 0.294. The number of rotatable bonds is 5. The van der Waals surface area contributed by atoms with Crippen LogP contribution in [-0.2, 0) is 13.5 Å². The zero-order valence-electron chi connectivity index (χ0n) is 10.2. The lowest BCUT2D eigenvalue weighted by Gasteiger charge is -2.31. The van der Waals surface area contributed by atoms with Crippen molar-refractivity contribution in [3.05, 3.63) is 18.2 Å². The van der Waals surface area contributed by atoms with Crippen molar-refractivity contribution in [2.75, 3.05) is 0 Å². The molecule has 3 heteroatoms. The van der Waals surface area contributed by atoms with Crippen molar-refractivity contribution >= 4 is 0 Å². The van der Waals surface area contributed by atoms with Gasteiger partial charge in [-0.2, -0.15) is 0 Å². The van der Waals surface area contributed by atoms with Crippen LogP contribution >= 0.6 is 0 Å². The molecule has 1 atom stereocenters. The van der Waals surface area contributed by atoms with Crippen LogP contribution < -0.4 is 0 Å². The average molecular weight is 210 g/mol. The summed E-state index contributed by atoms with van der Waals surface area (Å²) in [5.74, 6) is 1.34. The molecule has 15 heavy (non-hydrogen) atoms. The Balaban J connectivity index is 2.59. The van der Waals surface area contributed by atoms with Gasteiger partial charge in [-0.1, -0.05) is 20.8 Å². The van der Waals surface area contributed by atoms with Crippen LogP contribution in [0, 0.1) is 5.92 Å². The van der Waals surface area contributed by atoms with Gasteiger partial charge >= 0.3 is 0 Å². The summed E-state index contributed by atoms with van der Waals surface area (Å²) in [6.45, 7) is 6.18. The van der Waals surface area contributed by atoms with Crippen molar-refractivity contribution in [1.82, 2.24) is 9.55 Å². The van der Waals surface area contributed by atoms with Gasteiger partial charge in [-0.05, 0) is 18.8 Å². The summed E-state index contributed by atoms with van der Waals surface area (Å²) in [5.41, 5.74) is -0.550. The summed E-state index contributed by atoms with van der Waals surface area (Å²) >= 11 is 0. The Bertz CT molecular complexity index is 306. The first-order chi connectivity index (χ1) is 6.99. The maximum atomic E-state index is 10.3. The second-order valence-corrected chi connectivity index (χ2v) is 4.57. The van der Waals surface area contributed by atoms with Crippen molar-refractivity contribution < 1.29 is 5.11 Å². The third-order valence-corrected chi connectivity index (χ3v) is 3.39. The lowest BCUT2D eigenvalue weighted by molar-refractivity contribution is -0.0167. The second-order valence-electron chi connectivity index (χ2n) is 4.57. The summed E-state index contributed by atoms with van der Waals surface area (Å²) in [4.78, 5) is 4.26. The van der Waals surface area contributed by atoms with Crippen molar-refractivity contribution in [2.24, 2.45) is 13.0 Å². The Hall–Kier alpha value is -0.830.